The summed E-state index contributed by atoms with van der Waals surface area (Å²) in [6, 6.07) is 5.24. The summed E-state index contributed by atoms with van der Waals surface area (Å²) in [6.45, 7) is 1.01. The summed E-state index contributed by atoms with van der Waals surface area (Å²) in [7, 11) is -3.84. The molecule has 7 rings (SSSR count). The fourth-order valence-corrected chi connectivity index (χ4v) is 8.91. The van der Waals surface area contributed by atoms with Crippen molar-refractivity contribution < 1.29 is 17.6 Å². The lowest BCUT2D eigenvalue weighted by molar-refractivity contribution is -0.131. The normalized spacial score (nSPS) is 36.3. The Kier molecular flexibility index (Phi) is 4.86. The van der Waals surface area contributed by atoms with E-state index in [1.807, 2.05) is 4.90 Å². The van der Waals surface area contributed by atoms with Gasteiger partial charge in [0, 0.05) is 23.5 Å². The van der Waals surface area contributed by atoms with Crippen LogP contribution in [-0.4, -0.2) is 55.3 Å². The molecule has 7 nitrogen and oxygen atoms in total. The molecule has 1 saturated heterocycles. The highest BCUT2D eigenvalue weighted by atomic mass is 32.2. The fourth-order valence-electron chi connectivity index (χ4n) is 7.46. The van der Waals surface area contributed by atoms with Crippen molar-refractivity contribution in [3.63, 3.8) is 0 Å². The van der Waals surface area contributed by atoms with Gasteiger partial charge < -0.3 is 10.2 Å². The zero-order valence-corrected chi connectivity index (χ0v) is 19.3. The number of likely N-dealkylation sites (tertiary alicyclic amines) is 1. The fraction of sp³-hybridized carbons (Fsp3) is 0.625. The SMILES string of the molecule is O=C(CNC12CC3CC(C1)CC(NS(=O)(=O)c1cccc(F)c1)(C3)C2)N1CCCC1C1=C=N1. The molecule has 0 spiro atoms. The number of hydrogen-bond acceptors (Lipinski definition) is 5. The predicted octanol–water partition coefficient (Wildman–Crippen LogP) is 2.34. The summed E-state index contributed by atoms with van der Waals surface area (Å²) in [4.78, 5) is 19.0. The Bertz CT molecular complexity index is 1160. The first-order chi connectivity index (χ1) is 15.7. The first-order valence-corrected chi connectivity index (χ1v) is 13.4. The monoisotopic (exact) mass is 472 g/mol. The molecule has 1 amide bonds. The Hall–Kier alpha value is -2.06. The number of hydrogen-bond donors (Lipinski definition) is 2. The molecule has 4 saturated carbocycles. The molecule has 6 aliphatic rings. The van der Waals surface area contributed by atoms with Crippen LogP contribution in [0.1, 0.15) is 51.4 Å². The van der Waals surface area contributed by atoms with Crippen LogP contribution in [0.4, 0.5) is 4.39 Å². The molecule has 3 unspecified atom stereocenters. The van der Waals surface area contributed by atoms with Crippen molar-refractivity contribution in [3.05, 3.63) is 35.8 Å². The lowest BCUT2D eigenvalue weighted by atomic mass is 9.50. The highest BCUT2D eigenvalue weighted by Crippen LogP contribution is 2.57. The Balaban J connectivity index is 1.18. The van der Waals surface area contributed by atoms with Crippen LogP contribution in [0, 0.1) is 17.7 Å². The van der Waals surface area contributed by atoms with Gasteiger partial charge in [0.05, 0.1) is 17.5 Å². The summed E-state index contributed by atoms with van der Waals surface area (Å²) in [6.07, 6.45) is 7.24. The Morgan fingerprint density at radius 3 is 2.64 bits per heavy atom. The van der Waals surface area contributed by atoms with E-state index < -0.39 is 21.4 Å². The smallest absolute Gasteiger partial charge is 0.241 e. The molecule has 4 aliphatic carbocycles. The molecule has 3 atom stereocenters. The van der Waals surface area contributed by atoms with E-state index in [9.17, 15) is 17.6 Å². The second-order valence-corrected chi connectivity index (χ2v) is 12.5. The highest BCUT2D eigenvalue weighted by molar-refractivity contribution is 7.89. The minimum absolute atomic E-state index is 0.0351. The van der Waals surface area contributed by atoms with Crippen molar-refractivity contribution in [2.45, 2.75) is 73.4 Å². The molecule has 9 heteroatoms. The lowest BCUT2D eigenvalue weighted by Crippen LogP contribution is -2.69. The van der Waals surface area contributed by atoms with Gasteiger partial charge in [-0.05, 0) is 81.4 Å². The van der Waals surface area contributed by atoms with Gasteiger partial charge in [0.1, 0.15) is 11.5 Å². The quantitative estimate of drug-likeness (QED) is 0.637. The van der Waals surface area contributed by atoms with Crippen LogP contribution in [0.15, 0.2) is 39.9 Å². The number of benzene rings is 1. The van der Waals surface area contributed by atoms with Gasteiger partial charge in [-0.15, -0.1) is 0 Å². The third-order valence-corrected chi connectivity index (χ3v) is 9.84. The van der Waals surface area contributed by atoms with Crippen molar-refractivity contribution in [1.82, 2.24) is 14.9 Å². The van der Waals surface area contributed by atoms with Gasteiger partial charge in [-0.2, -0.15) is 4.99 Å². The van der Waals surface area contributed by atoms with Crippen LogP contribution in [0.25, 0.3) is 0 Å². The molecule has 0 aromatic heterocycles. The molecule has 2 heterocycles. The van der Waals surface area contributed by atoms with Crippen LogP contribution in [0.3, 0.4) is 0 Å². The standard InChI is InChI=1S/C24H29FN4O3S/c25-18-3-1-4-19(8-18)33(31,32)28-24-11-16-7-17(12-24)10-23(9-16,15-24)27-14-22(30)29-6-2-5-21(29)20-13-26-20/h1,3-4,8,16-17,21,27-28H,2,5-7,9-12,14-15H2. The molecule has 5 fully saturated rings. The molecule has 0 radical (unpaired) electrons. The average molecular weight is 473 g/mol. The largest absolute Gasteiger partial charge is 0.332 e. The van der Waals surface area contributed by atoms with E-state index >= 15 is 0 Å². The zero-order chi connectivity index (χ0) is 22.8. The van der Waals surface area contributed by atoms with Crippen LogP contribution in [-0.2, 0) is 14.8 Å². The summed E-state index contributed by atoms with van der Waals surface area (Å²) in [5, 5.41) is 3.60. The van der Waals surface area contributed by atoms with Crippen molar-refractivity contribution in [1.29, 1.82) is 0 Å². The van der Waals surface area contributed by atoms with Gasteiger partial charge in [0.2, 0.25) is 15.9 Å². The second kappa shape index (κ2) is 7.47. The number of carbonyl (C=O) groups is 1. The minimum Gasteiger partial charge on any atom is -0.332 e. The number of aliphatic imine (C=N–C) groups is 1. The zero-order valence-electron chi connectivity index (χ0n) is 18.5. The van der Waals surface area contributed by atoms with Gasteiger partial charge in [-0.25, -0.2) is 17.5 Å². The molecule has 4 bridgehead atoms. The number of carbonyl (C=O) groups excluding carboxylic acids is 1. The third kappa shape index (κ3) is 3.95. The van der Waals surface area contributed by atoms with Crippen molar-refractivity contribution in [2.24, 2.45) is 16.8 Å². The van der Waals surface area contributed by atoms with E-state index in [0.29, 0.717) is 18.3 Å². The van der Waals surface area contributed by atoms with Crippen LogP contribution in [0.2, 0.25) is 0 Å². The van der Waals surface area contributed by atoms with Crippen LogP contribution < -0.4 is 10.0 Å². The minimum atomic E-state index is -3.84. The summed E-state index contributed by atoms with van der Waals surface area (Å²) >= 11 is 0. The second-order valence-electron chi connectivity index (χ2n) is 10.8. The van der Waals surface area contributed by atoms with E-state index in [0.717, 1.165) is 63.3 Å². The molecule has 33 heavy (non-hydrogen) atoms. The van der Waals surface area contributed by atoms with Gasteiger partial charge in [0.15, 0.2) is 0 Å². The Labute approximate surface area is 193 Å². The predicted molar refractivity (Wildman–Crippen MR) is 121 cm³/mol. The number of amides is 1. The van der Waals surface area contributed by atoms with E-state index in [-0.39, 0.29) is 28.9 Å². The number of halogens is 1. The van der Waals surface area contributed by atoms with E-state index in [2.05, 4.69) is 20.9 Å². The summed E-state index contributed by atoms with van der Waals surface area (Å²) in [5.41, 5.74) is 0.115. The van der Waals surface area contributed by atoms with E-state index in [1.54, 1.807) is 0 Å². The lowest BCUT2D eigenvalue weighted by Gasteiger charge is -2.62. The Morgan fingerprint density at radius 1 is 1.21 bits per heavy atom. The highest BCUT2D eigenvalue weighted by Gasteiger charge is 2.58. The summed E-state index contributed by atoms with van der Waals surface area (Å²) < 4.78 is 43.0. The van der Waals surface area contributed by atoms with Gasteiger partial charge in [0.25, 0.3) is 0 Å². The molecular weight excluding hydrogens is 443 g/mol. The number of rotatable bonds is 7. The number of sulfonamides is 1. The van der Waals surface area contributed by atoms with E-state index in [4.69, 9.17) is 0 Å². The average Bonchev–Trinajstić information content (AvgIpc) is 3.46. The molecule has 2 aliphatic heterocycles. The van der Waals surface area contributed by atoms with Gasteiger partial charge in [-0.1, -0.05) is 6.07 Å². The number of nitrogens with one attached hydrogen (secondary N) is 2. The van der Waals surface area contributed by atoms with Crippen LogP contribution in [0.5, 0.6) is 0 Å². The van der Waals surface area contributed by atoms with Gasteiger partial charge in [-0.3, -0.25) is 4.79 Å². The topological polar surface area (TPSA) is 90.9 Å². The number of nitrogens with zero attached hydrogens (tertiary/aromatic N) is 2. The summed E-state index contributed by atoms with van der Waals surface area (Å²) in [5.74, 6) is 3.26. The maximum atomic E-state index is 13.7. The third-order valence-electron chi connectivity index (χ3n) is 8.26. The molecular formula is C24H29FN4O3S. The molecule has 176 valence electrons. The van der Waals surface area contributed by atoms with Crippen LogP contribution >= 0.6 is 0 Å². The first-order valence-electron chi connectivity index (χ1n) is 11.9. The molecule has 1 aromatic rings. The molecule has 1 aromatic carbocycles. The maximum Gasteiger partial charge on any atom is 0.241 e. The van der Waals surface area contributed by atoms with Crippen molar-refractivity contribution in [3.8, 4) is 0 Å². The Morgan fingerprint density at radius 2 is 1.94 bits per heavy atom. The maximum absolute atomic E-state index is 13.7. The van der Waals surface area contributed by atoms with Crippen molar-refractivity contribution in [2.75, 3.05) is 13.1 Å². The van der Waals surface area contributed by atoms with Gasteiger partial charge >= 0.3 is 0 Å². The molecule has 2 N–H and O–H groups in total. The van der Waals surface area contributed by atoms with Crippen molar-refractivity contribution >= 4 is 21.8 Å². The first kappa shape index (κ1) is 21.5. The van der Waals surface area contributed by atoms with E-state index in [1.165, 1.54) is 18.2 Å².